The fourth-order valence-electron chi connectivity index (χ4n) is 4.98. The Bertz CT molecular complexity index is 866. The summed E-state index contributed by atoms with van der Waals surface area (Å²) in [6.45, 7) is 12.4. The van der Waals surface area contributed by atoms with Crippen LogP contribution in [-0.4, -0.2) is 46.9 Å². The van der Waals surface area contributed by atoms with Crippen LogP contribution in [0.15, 0.2) is 24.3 Å². The first-order valence-electron chi connectivity index (χ1n) is 11.5. The molecule has 2 aliphatic heterocycles. The van der Waals surface area contributed by atoms with E-state index in [-0.39, 0.29) is 28.9 Å². The van der Waals surface area contributed by atoms with Crippen LogP contribution in [0.2, 0.25) is 0 Å². The molecule has 1 fully saturated rings. The van der Waals surface area contributed by atoms with Gasteiger partial charge in [0.05, 0.1) is 11.4 Å². The van der Waals surface area contributed by atoms with Crippen LogP contribution >= 0.6 is 0 Å². The number of rotatable bonds is 6. The number of hydrogen-bond acceptors (Lipinski definition) is 5. The second-order valence-electron chi connectivity index (χ2n) is 10.5. The monoisotopic (exact) mass is 443 g/mol. The Morgan fingerprint density at radius 1 is 1.09 bits per heavy atom. The van der Waals surface area contributed by atoms with Crippen molar-refractivity contribution in [3.05, 3.63) is 24.3 Å². The van der Waals surface area contributed by atoms with Gasteiger partial charge in [-0.2, -0.15) is 0 Å². The normalized spacial score (nSPS) is 23.7. The Labute approximate surface area is 190 Å². The van der Waals surface area contributed by atoms with Crippen LogP contribution in [0.3, 0.4) is 0 Å². The molecule has 176 valence electrons. The Kier molecular flexibility index (Phi) is 6.83. The maximum absolute atomic E-state index is 13.3. The number of para-hydroxylation sites is 2. The Hall–Kier alpha value is -2.61. The summed E-state index contributed by atoms with van der Waals surface area (Å²) in [5.74, 6) is -1.24. The third kappa shape index (κ3) is 5.59. The Balaban J connectivity index is 1.70. The fourth-order valence-corrected chi connectivity index (χ4v) is 4.98. The molecule has 1 aromatic carbocycles. The first-order valence-corrected chi connectivity index (χ1v) is 11.5. The van der Waals surface area contributed by atoms with E-state index in [0.717, 1.165) is 12.8 Å². The number of carbonyl (C=O) groups is 3. The van der Waals surface area contributed by atoms with Crippen LogP contribution in [-0.2, 0) is 14.4 Å². The van der Waals surface area contributed by atoms with Gasteiger partial charge in [0.2, 0.25) is 5.91 Å². The summed E-state index contributed by atoms with van der Waals surface area (Å²) in [7, 11) is 0. The summed E-state index contributed by atoms with van der Waals surface area (Å²) in [6, 6.07) is 5.39. The van der Waals surface area contributed by atoms with Crippen LogP contribution in [0.1, 0.15) is 60.8 Å². The molecule has 0 radical (unpaired) electrons. The molecule has 0 bridgehead atoms. The molecule has 0 unspecified atom stereocenters. The maximum atomic E-state index is 13.3. The van der Waals surface area contributed by atoms with Crippen molar-refractivity contribution in [2.24, 2.45) is 5.92 Å². The van der Waals surface area contributed by atoms with E-state index in [1.54, 1.807) is 12.1 Å². The molecule has 2 aliphatic rings. The summed E-state index contributed by atoms with van der Waals surface area (Å²) < 4.78 is 0. The molecular weight excluding hydrogens is 406 g/mol. The number of nitrogens with one attached hydrogen (secondary N) is 5. The van der Waals surface area contributed by atoms with Gasteiger partial charge in [0, 0.05) is 17.1 Å². The summed E-state index contributed by atoms with van der Waals surface area (Å²) in [6.07, 6.45) is 2.31. The zero-order chi connectivity index (χ0) is 23.7. The van der Waals surface area contributed by atoms with E-state index >= 15 is 0 Å². The second-order valence-corrected chi connectivity index (χ2v) is 10.5. The molecule has 8 nitrogen and oxygen atoms in total. The van der Waals surface area contributed by atoms with Crippen LogP contribution < -0.4 is 26.6 Å². The molecule has 0 aromatic heterocycles. The van der Waals surface area contributed by atoms with Gasteiger partial charge < -0.3 is 26.6 Å². The molecule has 2 heterocycles. The predicted octanol–water partition coefficient (Wildman–Crippen LogP) is 2.38. The van der Waals surface area contributed by atoms with Crippen molar-refractivity contribution in [3.63, 3.8) is 0 Å². The number of fused-ring (bicyclic) bond motifs is 1. The molecular formula is C24H37N5O3. The van der Waals surface area contributed by atoms with E-state index in [1.807, 2.05) is 26.0 Å². The van der Waals surface area contributed by atoms with Gasteiger partial charge in [-0.25, -0.2) is 0 Å². The molecule has 3 atom stereocenters. The lowest BCUT2D eigenvalue weighted by Crippen LogP contribution is -2.64. The maximum Gasteiger partial charge on any atom is 0.256 e. The van der Waals surface area contributed by atoms with Crippen LogP contribution in [0.4, 0.5) is 11.4 Å². The van der Waals surface area contributed by atoms with Gasteiger partial charge in [0.25, 0.3) is 11.8 Å². The minimum absolute atomic E-state index is 0.000175. The molecule has 32 heavy (non-hydrogen) atoms. The largest absolute Gasteiger partial charge is 0.364 e. The molecule has 8 heteroatoms. The Morgan fingerprint density at radius 2 is 1.69 bits per heavy atom. The lowest BCUT2D eigenvalue weighted by atomic mass is 9.79. The van der Waals surface area contributed by atoms with Crippen molar-refractivity contribution in [2.75, 3.05) is 10.6 Å². The van der Waals surface area contributed by atoms with Crippen molar-refractivity contribution < 1.29 is 14.4 Å². The topological polar surface area (TPSA) is 111 Å². The van der Waals surface area contributed by atoms with Gasteiger partial charge in [-0.15, -0.1) is 0 Å². The summed E-state index contributed by atoms with van der Waals surface area (Å²) in [5.41, 5.74) is 1.10. The number of carbonyl (C=O) groups excluding carboxylic acids is 3. The minimum Gasteiger partial charge on any atom is -0.364 e. The summed E-state index contributed by atoms with van der Waals surface area (Å²) >= 11 is 0. The molecule has 1 saturated heterocycles. The zero-order valence-electron chi connectivity index (χ0n) is 20.0. The van der Waals surface area contributed by atoms with E-state index < -0.39 is 23.9 Å². The second kappa shape index (κ2) is 9.10. The highest BCUT2D eigenvalue weighted by Gasteiger charge is 2.40. The Morgan fingerprint density at radius 3 is 2.28 bits per heavy atom. The average molecular weight is 444 g/mol. The molecule has 0 spiro atoms. The number of piperidine rings is 1. The quantitative estimate of drug-likeness (QED) is 0.434. The van der Waals surface area contributed by atoms with E-state index in [4.69, 9.17) is 0 Å². The van der Waals surface area contributed by atoms with Crippen molar-refractivity contribution in [1.82, 2.24) is 16.0 Å². The standard InChI is InChI=1S/C24H37N5O3/c1-7-14(2)18(20(30)25-15-12-23(3,4)29-24(5,6)13-15)28-22(32)19-21(31)27-17-11-9-8-10-16(17)26-19/h8-11,14-15,18-19,26,29H,7,12-13H2,1-6H3,(H,25,30)(H,27,31)(H,28,32)/t14-,18-,19-/m1/s1. The highest BCUT2D eigenvalue weighted by Crippen LogP contribution is 2.29. The van der Waals surface area contributed by atoms with E-state index in [9.17, 15) is 14.4 Å². The molecule has 1 aromatic rings. The van der Waals surface area contributed by atoms with Gasteiger partial charge in [-0.3, -0.25) is 14.4 Å². The average Bonchev–Trinajstić information content (AvgIpc) is 2.68. The van der Waals surface area contributed by atoms with Gasteiger partial charge in [-0.1, -0.05) is 32.4 Å². The van der Waals surface area contributed by atoms with Crippen molar-refractivity contribution in [1.29, 1.82) is 0 Å². The summed E-state index contributed by atoms with van der Waals surface area (Å²) in [4.78, 5) is 38.8. The third-order valence-corrected chi connectivity index (χ3v) is 6.34. The molecule has 0 saturated carbocycles. The predicted molar refractivity (Wildman–Crippen MR) is 126 cm³/mol. The van der Waals surface area contributed by atoms with E-state index in [0.29, 0.717) is 17.8 Å². The van der Waals surface area contributed by atoms with Crippen molar-refractivity contribution >= 4 is 29.1 Å². The first-order chi connectivity index (χ1) is 14.9. The summed E-state index contributed by atoms with van der Waals surface area (Å²) in [5, 5.41) is 15.4. The van der Waals surface area contributed by atoms with Crippen LogP contribution in [0.25, 0.3) is 0 Å². The third-order valence-electron chi connectivity index (χ3n) is 6.34. The smallest absolute Gasteiger partial charge is 0.256 e. The van der Waals surface area contributed by atoms with Crippen LogP contribution in [0.5, 0.6) is 0 Å². The highest BCUT2D eigenvalue weighted by atomic mass is 16.2. The number of anilines is 2. The number of hydrogen-bond donors (Lipinski definition) is 5. The number of benzene rings is 1. The van der Waals surface area contributed by atoms with E-state index in [1.165, 1.54) is 0 Å². The van der Waals surface area contributed by atoms with Gasteiger partial charge in [0.1, 0.15) is 6.04 Å². The van der Waals surface area contributed by atoms with Crippen LogP contribution in [0, 0.1) is 5.92 Å². The minimum atomic E-state index is -1.10. The lowest BCUT2D eigenvalue weighted by Gasteiger charge is -2.47. The van der Waals surface area contributed by atoms with Crippen molar-refractivity contribution in [2.45, 2.75) is 90.0 Å². The van der Waals surface area contributed by atoms with Gasteiger partial charge in [0.15, 0.2) is 6.04 Å². The number of amides is 3. The fraction of sp³-hybridized carbons (Fsp3) is 0.625. The molecule has 0 aliphatic carbocycles. The van der Waals surface area contributed by atoms with E-state index in [2.05, 4.69) is 54.3 Å². The first kappa shape index (κ1) is 24.0. The van der Waals surface area contributed by atoms with Crippen molar-refractivity contribution in [3.8, 4) is 0 Å². The molecule has 3 amide bonds. The lowest BCUT2D eigenvalue weighted by molar-refractivity contribution is -0.133. The molecule has 3 rings (SSSR count). The molecule has 5 N–H and O–H groups in total. The van der Waals surface area contributed by atoms with Gasteiger partial charge in [-0.05, 0) is 58.6 Å². The SMILES string of the molecule is CC[C@@H](C)[C@@H](NC(=O)[C@@H]1Nc2ccccc2NC1=O)C(=O)NC1CC(C)(C)NC(C)(C)C1. The zero-order valence-corrected chi connectivity index (χ0v) is 20.0. The highest BCUT2D eigenvalue weighted by molar-refractivity contribution is 6.16. The van der Waals surface area contributed by atoms with Gasteiger partial charge >= 0.3 is 0 Å².